The van der Waals surface area contributed by atoms with Crippen LogP contribution in [-0.4, -0.2) is 29.9 Å². The van der Waals surface area contributed by atoms with E-state index in [1.807, 2.05) is 61.5 Å². The second kappa shape index (κ2) is 9.48. The first-order valence-corrected chi connectivity index (χ1v) is 11.1. The van der Waals surface area contributed by atoms with Crippen LogP contribution < -0.4 is 0 Å². The van der Waals surface area contributed by atoms with Crippen LogP contribution in [-0.2, 0) is 9.53 Å². The highest BCUT2D eigenvalue weighted by atomic mass is 35.5. The van der Waals surface area contributed by atoms with Crippen LogP contribution in [0.5, 0.6) is 0 Å². The maximum atomic E-state index is 14.2. The van der Waals surface area contributed by atoms with Gasteiger partial charge in [-0.2, -0.15) is 5.26 Å². The van der Waals surface area contributed by atoms with Crippen LogP contribution in [0.4, 0.5) is 0 Å². The number of aryl methyl sites for hydroxylation is 1. The molecule has 0 aliphatic carbocycles. The summed E-state index contributed by atoms with van der Waals surface area (Å²) in [6, 6.07) is 21.3. The molecule has 0 saturated carbocycles. The van der Waals surface area contributed by atoms with Gasteiger partial charge in [-0.1, -0.05) is 72.3 Å². The number of rotatable bonds is 4. The number of nitrogens with zero attached hydrogens (tertiary/aromatic N) is 2. The number of carbonyl (C=O) groups is 2. The summed E-state index contributed by atoms with van der Waals surface area (Å²) in [5.41, 5.74) is 3.67. The number of ether oxygens (including phenoxy) is 1. The quantitative estimate of drug-likeness (QED) is 0.470. The number of methoxy groups -OCH3 is 1. The lowest BCUT2D eigenvalue weighted by Crippen LogP contribution is -2.43. The Morgan fingerprint density at radius 2 is 1.76 bits per heavy atom. The highest BCUT2D eigenvalue weighted by molar-refractivity contribution is 6.32. The van der Waals surface area contributed by atoms with Crippen molar-refractivity contribution in [2.45, 2.75) is 31.8 Å². The third-order valence-corrected chi connectivity index (χ3v) is 6.67. The van der Waals surface area contributed by atoms with Crippen molar-refractivity contribution in [2.24, 2.45) is 0 Å². The van der Waals surface area contributed by atoms with Gasteiger partial charge in [-0.25, -0.2) is 4.79 Å². The molecule has 1 aliphatic heterocycles. The molecule has 1 aliphatic rings. The van der Waals surface area contributed by atoms with Gasteiger partial charge in [0.15, 0.2) is 0 Å². The van der Waals surface area contributed by atoms with E-state index in [0.717, 1.165) is 16.7 Å². The molecule has 0 aromatic heterocycles. The summed E-state index contributed by atoms with van der Waals surface area (Å²) in [5, 5.41) is 10.4. The van der Waals surface area contributed by atoms with Crippen LogP contribution in [0.3, 0.4) is 0 Å². The number of halogens is 1. The Morgan fingerprint density at radius 3 is 2.45 bits per heavy atom. The third-order valence-electron chi connectivity index (χ3n) is 6.16. The third kappa shape index (κ3) is 4.10. The molecule has 2 unspecified atom stereocenters. The highest BCUT2D eigenvalue weighted by Crippen LogP contribution is 2.42. The fraction of sp³-hybridized carbons (Fsp3) is 0.222. The molecule has 0 spiro atoms. The molecule has 5 nitrogen and oxygen atoms in total. The Morgan fingerprint density at radius 1 is 1.03 bits per heavy atom. The van der Waals surface area contributed by atoms with Crippen LogP contribution in [0.15, 0.2) is 66.7 Å². The van der Waals surface area contributed by atoms with Crippen molar-refractivity contribution < 1.29 is 14.3 Å². The minimum Gasteiger partial charge on any atom is -0.467 e. The average molecular weight is 459 g/mol. The van der Waals surface area contributed by atoms with Gasteiger partial charge >= 0.3 is 5.97 Å². The van der Waals surface area contributed by atoms with E-state index in [4.69, 9.17) is 16.3 Å². The fourth-order valence-electron chi connectivity index (χ4n) is 4.56. The van der Waals surface area contributed by atoms with Crippen molar-refractivity contribution in [3.8, 4) is 17.2 Å². The number of benzene rings is 3. The Balaban J connectivity index is 1.89. The first-order chi connectivity index (χ1) is 16.0. The van der Waals surface area contributed by atoms with Crippen molar-refractivity contribution >= 4 is 23.5 Å². The van der Waals surface area contributed by atoms with Crippen molar-refractivity contribution in [1.82, 2.24) is 4.90 Å². The van der Waals surface area contributed by atoms with Crippen LogP contribution in [0.1, 0.15) is 45.9 Å². The molecule has 2 atom stereocenters. The van der Waals surface area contributed by atoms with E-state index in [1.165, 1.54) is 7.11 Å². The van der Waals surface area contributed by atoms with Crippen LogP contribution in [0, 0.1) is 18.3 Å². The molecule has 33 heavy (non-hydrogen) atoms. The summed E-state index contributed by atoms with van der Waals surface area (Å²) in [5.74, 6) is -0.869. The lowest BCUT2D eigenvalue weighted by Gasteiger charge is -2.31. The topological polar surface area (TPSA) is 70.4 Å². The summed E-state index contributed by atoms with van der Waals surface area (Å²) >= 11 is 6.63. The summed E-state index contributed by atoms with van der Waals surface area (Å²) < 4.78 is 5.03. The Labute approximate surface area is 198 Å². The monoisotopic (exact) mass is 458 g/mol. The molecule has 3 aromatic rings. The number of carbonyl (C=O) groups excluding carboxylic acids is 2. The molecule has 1 fully saturated rings. The number of hydrogen-bond donors (Lipinski definition) is 0. The molecular formula is C27H23ClN2O3. The van der Waals surface area contributed by atoms with Crippen LogP contribution >= 0.6 is 11.6 Å². The number of amides is 1. The fourth-order valence-corrected chi connectivity index (χ4v) is 4.81. The molecule has 1 saturated heterocycles. The van der Waals surface area contributed by atoms with Crippen LogP contribution in [0.2, 0.25) is 5.02 Å². The van der Waals surface area contributed by atoms with Gasteiger partial charge in [-0.05, 0) is 48.1 Å². The molecule has 1 heterocycles. The van der Waals surface area contributed by atoms with Crippen molar-refractivity contribution in [1.29, 1.82) is 5.26 Å². The van der Waals surface area contributed by atoms with Gasteiger partial charge in [0, 0.05) is 5.02 Å². The van der Waals surface area contributed by atoms with E-state index in [2.05, 4.69) is 6.07 Å². The number of esters is 1. The van der Waals surface area contributed by atoms with Gasteiger partial charge in [-0.3, -0.25) is 4.79 Å². The average Bonchev–Trinajstić information content (AvgIpc) is 3.29. The molecule has 3 aromatic carbocycles. The summed E-state index contributed by atoms with van der Waals surface area (Å²) in [4.78, 5) is 28.4. The van der Waals surface area contributed by atoms with Crippen molar-refractivity contribution in [3.05, 3.63) is 94.0 Å². The minimum atomic E-state index is -0.764. The minimum absolute atomic E-state index is 0.256. The predicted molar refractivity (Wildman–Crippen MR) is 127 cm³/mol. The van der Waals surface area contributed by atoms with Gasteiger partial charge < -0.3 is 9.64 Å². The number of hydrogen-bond acceptors (Lipinski definition) is 4. The molecule has 6 heteroatoms. The molecular weight excluding hydrogens is 436 g/mol. The van der Waals surface area contributed by atoms with Gasteiger partial charge in [0.1, 0.15) is 6.04 Å². The molecule has 0 radical (unpaired) electrons. The van der Waals surface area contributed by atoms with E-state index in [9.17, 15) is 14.9 Å². The summed E-state index contributed by atoms with van der Waals surface area (Å²) in [6.45, 7) is 1.91. The number of nitriles is 1. The van der Waals surface area contributed by atoms with E-state index in [1.54, 1.807) is 17.0 Å². The maximum absolute atomic E-state index is 14.2. The molecule has 4 rings (SSSR count). The van der Waals surface area contributed by atoms with Gasteiger partial charge in [0.25, 0.3) is 5.91 Å². The Kier molecular flexibility index (Phi) is 6.48. The first-order valence-electron chi connectivity index (χ1n) is 10.7. The Bertz CT molecular complexity index is 1250. The molecule has 0 bridgehead atoms. The van der Waals surface area contributed by atoms with E-state index < -0.39 is 18.1 Å². The van der Waals surface area contributed by atoms with E-state index in [0.29, 0.717) is 23.4 Å². The number of likely N-dealkylation sites (tertiary alicyclic amines) is 1. The SMILES string of the molecule is COC(=O)C1CCC(c2cccc(C)c2Cl)N1C(=O)c1c(C#N)cccc1-c1ccccc1. The zero-order chi connectivity index (χ0) is 23.5. The molecule has 0 N–H and O–H groups in total. The second-order valence-corrected chi connectivity index (χ2v) is 8.41. The zero-order valence-electron chi connectivity index (χ0n) is 18.4. The molecule has 1 amide bonds. The normalized spacial score (nSPS) is 17.5. The van der Waals surface area contributed by atoms with Crippen molar-refractivity contribution in [3.63, 3.8) is 0 Å². The van der Waals surface area contributed by atoms with Crippen molar-refractivity contribution in [2.75, 3.05) is 7.11 Å². The van der Waals surface area contributed by atoms with E-state index in [-0.39, 0.29) is 17.0 Å². The standard InChI is InChI=1S/C27H23ClN2O3/c1-17-8-6-13-21(25(17)28)22-14-15-23(27(32)33-2)30(22)26(31)24-19(16-29)11-7-12-20(24)18-9-4-3-5-10-18/h3-13,22-23H,14-15H2,1-2H3. The second-order valence-electron chi connectivity index (χ2n) is 8.03. The predicted octanol–water partition coefficient (Wildman–Crippen LogP) is 5.71. The van der Waals surface area contributed by atoms with Gasteiger partial charge in [0.2, 0.25) is 0 Å². The lowest BCUT2D eigenvalue weighted by atomic mass is 9.94. The summed E-state index contributed by atoms with van der Waals surface area (Å²) in [6.07, 6.45) is 1.01. The largest absolute Gasteiger partial charge is 0.467 e. The van der Waals surface area contributed by atoms with Crippen LogP contribution in [0.25, 0.3) is 11.1 Å². The Hall–Kier alpha value is -3.62. The summed E-state index contributed by atoms with van der Waals surface area (Å²) in [7, 11) is 1.32. The highest BCUT2D eigenvalue weighted by Gasteiger charge is 2.44. The van der Waals surface area contributed by atoms with Gasteiger partial charge in [-0.15, -0.1) is 0 Å². The smallest absolute Gasteiger partial charge is 0.328 e. The lowest BCUT2D eigenvalue weighted by molar-refractivity contribution is -0.145. The van der Waals surface area contributed by atoms with Gasteiger partial charge in [0.05, 0.1) is 30.3 Å². The zero-order valence-corrected chi connectivity index (χ0v) is 19.2. The first kappa shape index (κ1) is 22.6. The molecule has 166 valence electrons. The van der Waals surface area contributed by atoms with E-state index >= 15 is 0 Å². The maximum Gasteiger partial charge on any atom is 0.328 e.